The van der Waals surface area contributed by atoms with Crippen molar-refractivity contribution in [2.75, 3.05) is 23.5 Å². The second kappa shape index (κ2) is 11.4. The molecule has 7 nitrogen and oxygen atoms in total. The van der Waals surface area contributed by atoms with Gasteiger partial charge in [0.15, 0.2) is 11.0 Å². The first kappa shape index (κ1) is 23.4. The molecule has 0 spiro atoms. The van der Waals surface area contributed by atoms with Gasteiger partial charge in [-0.15, -0.1) is 10.2 Å². The number of ether oxygens (including phenoxy) is 1. The van der Waals surface area contributed by atoms with Gasteiger partial charge in [-0.05, 0) is 42.8 Å². The minimum atomic E-state index is -0.0621. The Labute approximate surface area is 203 Å². The molecule has 34 heavy (non-hydrogen) atoms. The molecule has 1 amide bonds. The fourth-order valence-electron chi connectivity index (χ4n) is 3.45. The predicted molar refractivity (Wildman–Crippen MR) is 137 cm³/mol. The number of aromatic nitrogens is 3. The number of nitrogens with one attached hydrogen (secondary N) is 2. The van der Waals surface area contributed by atoms with Crippen molar-refractivity contribution in [1.29, 1.82) is 0 Å². The Hall–Kier alpha value is -3.78. The summed E-state index contributed by atoms with van der Waals surface area (Å²) in [6.07, 6.45) is 0.348. The summed E-state index contributed by atoms with van der Waals surface area (Å²) < 4.78 is 7.25. The molecular weight excluding hydrogens is 446 g/mol. The van der Waals surface area contributed by atoms with Crippen molar-refractivity contribution in [2.45, 2.75) is 25.0 Å². The number of carbonyl (C=O) groups is 1. The summed E-state index contributed by atoms with van der Waals surface area (Å²) in [5.74, 6) is 2.02. The smallest absolute Gasteiger partial charge is 0.225 e. The Morgan fingerprint density at radius 3 is 2.59 bits per heavy atom. The molecular formula is C26H27N5O2S. The van der Waals surface area contributed by atoms with Crippen LogP contribution in [0.15, 0.2) is 84.0 Å². The van der Waals surface area contributed by atoms with Gasteiger partial charge < -0.3 is 15.4 Å². The normalized spacial score (nSPS) is 10.6. The van der Waals surface area contributed by atoms with E-state index in [0.717, 1.165) is 22.4 Å². The van der Waals surface area contributed by atoms with Gasteiger partial charge in [0.1, 0.15) is 5.75 Å². The number of methoxy groups -OCH3 is 1. The van der Waals surface area contributed by atoms with Gasteiger partial charge in [0, 0.05) is 35.3 Å². The number of benzene rings is 3. The second-order valence-corrected chi connectivity index (χ2v) is 8.68. The van der Waals surface area contributed by atoms with E-state index in [4.69, 9.17) is 4.74 Å². The number of amides is 1. The number of thioether (sulfide) groups is 1. The lowest BCUT2D eigenvalue weighted by molar-refractivity contribution is -0.115. The quantitative estimate of drug-likeness (QED) is 0.304. The van der Waals surface area contributed by atoms with Crippen LogP contribution in [0.2, 0.25) is 0 Å². The summed E-state index contributed by atoms with van der Waals surface area (Å²) in [6, 6.07) is 25.5. The SMILES string of the molecule is COc1cccc(NC(=O)CCSc2nnc(CNc3ccccc3C)n2-c2ccccc2)c1. The Morgan fingerprint density at radius 2 is 1.79 bits per heavy atom. The van der Waals surface area contributed by atoms with Crippen LogP contribution >= 0.6 is 11.8 Å². The number of hydrogen-bond donors (Lipinski definition) is 2. The summed E-state index contributed by atoms with van der Waals surface area (Å²) >= 11 is 1.51. The minimum Gasteiger partial charge on any atom is -0.497 e. The largest absolute Gasteiger partial charge is 0.497 e. The van der Waals surface area contributed by atoms with Gasteiger partial charge in [0.25, 0.3) is 0 Å². The first-order valence-electron chi connectivity index (χ1n) is 11.0. The Balaban J connectivity index is 1.43. The Bertz CT molecular complexity index is 1240. The summed E-state index contributed by atoms with van der Waals surface area (Å²) in [5, 5.41) is 16.0. The third kappa shape index (κ3) is 5.96. The molecule has 0 unspecified atom stereocenters. The van der Waals surface area contributed by atoms with E-state index in [1.165, 1.54) is 17.3 Å². The number of hydrogen-bond acceptors (Lipinski definition) is 6. The van der Waals surface area contributed by atoms with E-state index in [0.29, 0.717) is 30.2 Å². The predicted octanol–water partition coefficient (Wildman–Crippen LogP) is 5.32. The molecule has 4 aromatic rings. The third-order valence-corrected chi connectivity index (χ3v) is 6.14. The van der Waals surface area contributed by atoms with Crippen molar-refractivity contribution < 1.29 is 9.53 Å². The molecule has 174 valence electrons. The molecule has 0 aliphatic rings. The van der Waals surface area contributed by atoms with Gasteiger partial charge in [0.05, 0.1) is 13.7 Å². The number of rotatable bonds is 10. The van der Waals surface area contributed by atoms with Gasteiger partial charge >= 0.3 is 0 Å². The fraction of sp³-hybridized carbons (Fsp3) is 0.192. The molecule has 0 atom stereocenters. The fourth-order valence-corrected chi connectivity index (χ4v) is 4.36. The van der Waals surface area contributed by atoms with E-state index in [9.17, 15) is 4.79 Å². The van der Waals surface area contributed by atoms with Crippen molar-refractivity contribution in [2.24, 2.45) is 0 Å². The molecule has 0 fully saturated rings. The van der Waals surface area contributed by atoms with Crippen LogP contribution < -0.4 is 15.4 Å². The monoisotopic (exact) mass is 473 g/mol. The van der Waals surface area contributed by atoms with Gasteiger partial charge in [-0.1, -0.05) is 54.2 Å². The van der Waals surface area contributed by atoms with E-state index >= 15 is 0 Å². The van der Waals surface area contributed by atoms with Gasteiger partial charge in [-0.3, -0.25) is 9.36 Å². The maximum absolute atomic E-state index is 12.4. The lowest BCUT2D eigenvalue weighted by Gasteiger charge is -2.12. The van der Waals surface area contributed by atoms with Crippen LogP contribution in [0.3, 0.4) is 0 Å². The van der Waals surface area contributed by atoms with Crippen molar-refractivity contribution in [3.05, 3.63) is 90.3 Å². The molecule has 8 heteroatoms. The Kier molecular flexibility index (Phi) is 7.83. The zero-order valence-electron chi connectivity index (χ0n) is 19.2. The average molecular weight is 474 g/mol. The van der Waals surface area contributed by atoms with E-state index in [2.05, 4.69) is 39.9 Å². The summed E-state index contributed by atoms with van der Waals surface area (Å²) in [7, 11) is 1.60. The molecule has 1 heterocycles. The highest BCUT2D eigenvalue weighted by molar-refractivity contribution is 7.99. The molecule has 0 saturated heterocycles. The number of para-hydroxylation sites is 2. The molecule has 1 aromatic heterocycles. The standard InChI is InChI=1S/C26H27N5O2S/c1-19-9-6-7-14-23(19)27-18-24-29-30-26(31(24)21-11-4-3-5-12-21)34-16-15-25(32)28-20-10-8-13-22(17-20)33-2/h3-14,17,27H,15-16,18H2,1-2H3,(H,28,32). The van der Waals surface area contributed by atoms with Crippen molar-refractivity contribution >= 4 is 29.0 Å². The molecule has 0 saturated carbocycles. The van der Waals surface area contributed by atoms with E-state index < -0.39 is 0 Å². The van der Waals surface area contributed by atoms with Crippen LogP contribution in [0.1, 0.15) is 17.8 Å². The summed E-state index contributed by atoms with van der Waals surface area (Å²) in [6.45, 7) is 2.60. The average Bonchev–Trinajstić information content (AvgIpc) is 3.27. The summed E-state index contributed by atoms with van der Waals surface area (Å²) in [4.78, 5) is 12.4. The number of nitrogens with zero attached hydrogens (tertiary/aromatic N) is 3. The highest BCUT2D eigenvalue weighted by Crippen LogP contribution is 2.24. The summed E-state index contributed by atoms with van der Waals surface area (Å²) in [5.41, 5.74) is 3.93. The molecule has 0 radical (unpaired) electrons. The van der Waals surface area contributed by atoms with Crippen molar-refractivity contribution in [1.82, 2.24) is 14.8 Å². The van der Waals surface area contributed by atoms with Crippen LogP contribution in [0.5, 0.6) is 5.75 Å². The first-order chi connectivity index (χ1) is 16.6. The zero-order valence-corrected chi connectivity index (χ0v) is 20.0. The lowest BCUT2D eigenvalue weighted by Crippen LogP contribution is -2.12. The number of anilines is 2. The van der Waals surface area contributed by atoms with Gasteiger partial charge in [0.2, 0.25) is 5.91 Å². The molecule has 0 bridgehead atoms. The molecule has 3 aromatic carbocycles. The van der Waals surface area contributed by atoms with Crippen molar-refractivity contribution in [3.8, 4) is 11.4 Å². The maximum atomic E-state index is 12.4. The number of aryl methyl sites for hydroxylation is 1. The van der Waals surface area contributed by atoms with Crippen molar-refractivity contribution in [3.63, 3.8) is 0 Å². The van der Waals surface area contributed by atoms with E-state index in [1.807, 2.05) is 65.2 Å². The first-order valence-corrected chi connectivity index (χ1v) is 12.0. The van der Waals surface area contributed by atoms with E-state index in [1.54, 1.807) is 13.2 Å². The Morgan fingerprint density at radius 1 is 1.00 bits per heavy atom. The zero-order chi connectivity index (χ0) is 23.8. The highest BCUT2D eigenvalue weighted by Gasteiger charge is 2.15. The molecule has 4 rings (SSSR count). The minimum absolute atomic E-state index is 0.0621. The highest BCUT2D eigenvalue weighted by atomic mass is 32.2. The van der Waals surface area contributed by atoms with Crippen LogP contribution in [0, 0.1) is 6.92 Å². The lowest BCUT2D eigenvalue weighted by atomic mass is 10.2. The van der Waals surface area contributed by atoms with Crippen LogP contribution in [0.4, 0.5) is 11.4 Å². The molecule has 0 aliphatic carbocycles. The van der Waals surface area contributed by atoms with Crippen LogP contribution in [-0.4, -0.2) is 33.5 Å². The van der Waals surface area contributed by atoms with E-state index in [-0.39, 0.29) is 5.91 Å². The number of carbonyl (C=O) groups excluding carboxylic acids is 1. The van der Waals surface area contributed by atoms with Gasteiger partial charge in [-0.2, -0.15) is 0 Å². The molecule has 2 N–H and O–H groups in total. The third-order valence-electron chi connectivity index (χ3n) is 5.21. The van der Waals surface area contributed by atoms with Crippen LogP contribution in [0.25, 0.3) is 5.69 Å². The maximum Gasteiger partial charge on any atom is 0.225 e. The van der Waals surface area contributed by atoms with Gasteiger partial charge in [-0.25, -0.2) is 0 Å². The van der Waals surface area contributed by atoms with Crippen LogP contribution in [-0.2, 0) is 11.3 Å². The second-order valence-electron chi connectivity index (χ2n) is 7.62. The molecule has 0 aliphatic heterocycles. The topological polar surface area (TPSA) is 81.1 Å².